The minimum atomic E-state index is 0.462. The normalized spacial score (nSPS) is 10.1. The molecule has 0 spiro atoms. The average Bonchev–Trinajstić information content (AvgIpc) is 2.65. The van der Waals surface area contributed by atoms with Crippen LogP contribution < -0.4 is 5.32 Å². The van der Waals surface area contributed by atoms with Gasteiger partial charge in [0, 0.05) is 12.7 Å². The van der Waals surface area contributed by atoms with Crippen molar-refractivity contribution in [2.45, 2.75) is 13.5 Å². The van der Waals surface area contributed by atoms with E-state index in [0.717, 1.165) is 17.1 Å². The van der Waals surface area contributed by atoms with Crippen LogP contribution in [0.1, 0.15) is 17.0 Å². The third-order valence-corrected chi connectivity index (χ3v) is 2.97. The van der Waals surface area contributed by atoms with E-state index >= 15 is 0 Å². The molecule has 0 bridgehead atoms. The smallest absolute Gasteiger partial charge is 0.101 e. The van der Waals surface area contributed by atoms with Crippen molar-refractivity contribution in [1.29, 1.82) is 5.26 Å². The molecule has 0 fully saturated rings. The van der Waals surface area contributed by atoms with Crippen LogP contribution in [-0.4, -0.2) is 9.78 Å². The fourth-order valence-corrected chi connectivity index (χ4v) is 1.96. The molecule has 1 aromatic carbocycles. The Labute approximate surface area is 111 Å². The minimum Gasteiger partial charge on any atom is -0.379 e. The van der Waals surface area contributed by atoms with Crippen molar-refractivity contribution in [1.82, 2.24) is 9.78 Å². The van der Waals surface area contributed by atoms with Gasteiger partial charge in [-0.2, -0.15) is 10.4 Å². The number of nitrogens with one attached hydrogen (secondary N) is 1. The molecule has 18 heavy (non-hydrogen) atoms. The van der Waals surface area contributed by atoms with Gasteiger partial charge in [-0.3, -0.25) is 4.68 Å². The molecule has 0 radical (unpaired) electrons. The molecule has 92 valence electrons. The lowest BCUT2D eigenvalue weighted by Gasteiger charge is -2.07. The Morgan fingerprint density at radius 3 is 2.78 bits per heavy atom. The highest BCUT2D eigenvalue weighted by Gasteiger charge is 2.03. The van der Waals surface area contributed by atoms with Gasteiger partial charge in [-0.1, -0.05) is 11.6 Å². The molecular weight excluding hydrogens is 248 g/mol. The van der Waals surface area contributed by atoms with Crippen LogP contribution in [0.15, 0.2) is 24.3 Å². The van der Waals surface area contributed by atoms with Crippen molar-refractivity contribution in [2.24, 2.45) is 7.05 Å². The Morgan fingerprint density at radius 2 is 2.22 bits per heavy atom. The van der Waals surface area contributed by atoms with Crippen molar-refractivity contribution >= 4 is 17.3 Å². The van der Waals surface area contributed by atoms with E-state index in [1.54, 1.807) is 12.1 Å². The molecule has 0 saturated heterocycles. The van der Waals surface area contributed by atoms with Crippen molar-refractivity contribution < 1.29 is 0 Å². The van der Waals surface area contributed by atoms with Crippen molar-refractivity contribution in [3.05, 3.63) is 46.2 Å². The first kappa shape index (κ1) is 12.5. The first-order valence-electron chi connectivity index (χ1n) is 5.53. The van der Waals surface area contributed by atoms with Crippen LogP contribution in [0.3, 0.4) is 0 Å². The number of aryl methyl sites for hydroxylation is 2. The van der Waals surface area contributed by atoms with Crippen LogP contribution in [0.25, 0.3) is 0 Å². The number of hydrogen-bond acceptors (Lipinski definition) is 3. The molecular formula is C13H13ClN4. The Bertz CT molecular complexity index is 610. The molecule has 0 aliphatic rings. The predicted molar refractivity (Wildman–Crippen MR) is 71.4 cm³/mol. The Morgan fingerprint density at radius 1 is 1.44 bits per heavy atom. The zero-order valence-electron chi connectivity index (χ0n) is 10.2. The molecule has 0 aliphatic carbocycles. The lowest BCUT2D eigenvalue weighted by molar-refractivity contribution is 0.713. The molecule has 1 aromatic heterocycles. The first-order valence-corrected chi connectivity index (χ1v) is 5.91. The van der Waals surface area contributed by atoms with Gasteiger partial charge in [0.25, 0.3) is 0 Å². The molecule has 4 nitrogen and oxygen atoms in total. The first-order chi connectivity index (χ1) is 8.60. The van der Waals surface area contributed by atoms with Crippen molar-refractivity contribution in [3.8, 4) is 6.07 Å². The summed E-state index contributed by atoms with van der Waals surface area (Å²) in [4.78, 5) is 0. The third kappa shape index (κ3) is 2.63. The number of rotatable bonds is 3. The second-order valence-corrected chi connectivity index (χ2v) is 4.47. The zero-order valence-corrected chi connectivity index (χ0v) is 11.0. The Balaban J connectivity index is 2.09. The van der Waals surface area contributed by atoms with E-state index in [9.17, 15) is 0 Å². The number of anilines is 1. The number of nitriles is 1. The van der Waals surface area contributed by atoms with Gasteiger partial charge in [-0.15, -0.1) is 0 Å². The fraction of sp³-hybridized carbons (Fsp3) is 0.231. The van der Waals surface area contributed by atoms with Crippen LogP contribution in [0.5, 0.6) is 0 Å². The van der Waals surface area contributed by atoms with Crippen LogP contribution >= 0.6 is 11.6 Å². The van der Waals surface area contributed by atoms with E-state index in [4.69, 9.17) is 16.9 Å². The van der Waals surface area contributed by atoms with E-state index in [0.29, 0.717) is 17.1 Å². The minimum absolute atomic E-state index is 0.462. The molecule has 0 atom stereocenters. The molecule has 1 heterocycles. The van der Waals surface area contributed by atoms with E-state index in [2.05, 4.69) is 10.4 Å². The van der Waals surface area contributed by atoms with E-state index < -0.39 is 0 Å². The molecule has 0 aliphatic heterocycles. The summed E-state index contributed by atoms with van der Waals surface area (Å²) < 4.78 is 1.84. The molecule has 5 heteroatoms. The molecule has 0 amide bonds. The molecule has 2 rings (SSSR count). The maximum absolute atomic E-state index is 8.79. The third-order valence-electron chi connectivity index (χ3n) is 2.66. The number of benzene rings is 1. The summed E-state index contributed by atoms with van der Waals surface area (Å²) in [7, 11) is 1.91. The summed E-state index contributed by atoms with van der Waals surface area (Å²) in [5.74, 6) is 0. The molecule has 2 aromatic rings. The van der Waals surface area contributed by atoms with Gasteiger partial charge in [0.2, 0.25) is 0 Å². The van der Waals surface area contributed by atoms with E-state index in [1.165, 1.54) is 0 Å². The number of aromatic nitrogens is 2. The highest BCUT2D eigenvalue weighted by atomic mass is 35.5. The average molecular weight is 261 g/mol. The SMILES string of the molecule is Cc1cc(CNc2ccc(C#N)c(Cl)c2)n(C)n1. The van der Waals surface area contributed by atoms with Crippen molar-refractivity contribution in [3.63, 3.8) is 0 Å². The number of halogens is 1. The summed E-state index contributed by atoms with van der Waals surface area (Å²) in [6.07, 6.45) is 0. The molecule has 1 N–H and O–H groups in total. The van der Waals surface area contributed by atoms with Crippen LogP contribution in [0, 0.1) is 18.3 Å². The summed E-state index contributed by atoms with van der Waals surface area (Å²) in [6.45, 7) is 2.63. The van der Waals surface area contributed by atoms with Crippen molar-refractivity contribution in [2.75, 3.05) is 5.32 Å². The predicted octanol–water partition coefficient (Wildman–Crippen LogP) is 2.87. The fourth-order valence-electron chi connectivity index (χ4n) is 1.74. The maximum atomic E-state index is 8.79. The zero-order chi connectivity index (χ0) is 13.1. The van der Waals surface area contributed by atoms with Crippen LogP contribution in [-0.2, 0) is 13.6 Å². The second-order valence-electron chi connectivity index (χ2n) is 4.06. The topological polar surface area (TPSA) is 53.6 Å². The van der Waals surface area contributed by atoms with Gasteiger partial charge < -0.3 is 5.32 Å². The number of hydrogen-bond donors (Lipinski definition) is 1. The van der Waals surface area contributed by atoms with Gasteiger partial charge in [-0.25, -0.2) is 0 Å². The summed E-state index contributed by atoms with van der Waals surface area (Å²) >= 11 is 5.97. The van der Waals surface area contributed by atoms with Crippen LogP contribution in [0.4, 0.5) is 5.69 Å². The van der Waals surface area contributed by atoms with E-state index in [1.807, 2.05) is 36.9 Å². The maximum Gasteiger partial charge on any atom is 0.101 e. The lowest BCUT2D eigenvalue weighted by Crippen LogP contribution is -2.05. The van der Waals surface area contributed by atoms with Gasteiger partial charge in [0.15, 0.2) is 0 Å². The summed E-state index contributed by atoms with van der Waals surface area (Å²) in [6, 6.07) is 9.36. The van der Waals surface area contributed by atoms with Gasteiger partial charge in [-0.05, 0) is 31.2 Å². The second kappa shape index (κ2) is 5.11. The van der Waals surface area contributed by atoms with E-state index in [-0.39, 0.29) is 0 Å². The van der Waals surface area contributed by atoms with Crippen LogP contribution in [0.2, 0.25) is 5.02 Å². The lowest BCUT2D eigenvalue weighted by atomic mass is 10.2. The van der Waals surface area contributed by atoms with Gasteiger partial charge >= 0.3 is 0 Å². The Hall–Kier alpha value is -1.99. The summed E-state index contributed by atoms with van der Waals surface area (Å²) in [5, 5.41) is 16.8. The van der Waals surface area contributed by atoms with Gasteiger partial charge in [0.05, 0.1) is 28.5 Å². The number of nitrogens with zero attached hydrogens (tertiary/aromatic N) is 3. The quantitative estimate of drug-likeness (QED) is 0.923. The molecule has 0 saturated carbocycles. The van der Waals surface area contributed by atoms with Gasteiger partial charge in [0.1, 0.15) is 6.07 Å². The monoisotopic (exact) mass is 260 g/mol. The molecule has 0 unspecified atom stereocenters. The highest BCUT2D eigenvalue weighted by Crippen LogP contribution is 2.20. The Kier molecular flexibility index (Phi) is 3.54. The highest BCUT2D eigenvalue weighted by molar-refractivity contribution is 6.32. The largest absolute Gasteiger partial charge is 0.379 e. The summed E-state index contributed by atoms with van der Waals surface area (Å²) in [5.41, 5.74) is 3.46. The standard InChI is InChI=1S/C13H13ClN4/c1-9-5-12(18(2)17-9)8-16-11-4-3-10(7-15)13(14)6-11/h3-6,16H,8H2,1-2H3.